The first kappa shape index (κ1) is 16.0. The lowest BCUT2D eigenvalue weighted by Crippen LogP contribution is -2.34. The minimum absolute atomic E-state index is 0.305. The molecule has 1 aliphatic heterocycles. The quantitative estimate of drug-likeness (QED) is 0.836. The van der Waals surface area contributed by atoms with E-state index in [9.17, 15) is 4.79 Å². The van der Waals surface area contributed by atoms with Gasteiger partial charge in [-0.1, -0.05) is 44.2 Å². The Morgan fingerprint density at radius 1 is 1.33 bits per heavy atom. The fourth-order valence-electron chi connectivity index (χ4n) is 2.95. The van der Waals surface area contributed by atoms with E-state index >= 15 is 0 Å². The Morgan fingerprint density at radius 3 is 2.71 bits per heavy atom. The van der Waals surface area contributed by atoms with Gasteiger partial charge in [0.1, 0.15) is 0 Å². The Hall–Kier alpha value is -1.35. The van der Waals surface area contributed by atoms with Gasteiger partial charge in [-0.05, 0) is 43.3 Å². The molecule has 1 amide bonds. The highest BCUT2D eigenvalue weighted by Gasteiger charge is 2.19. The molecule has 0 saturated carbocycles. The van der Waals surface area contributed by atoms with Crippen LogP contribution in [0.25, 0.3) is 0 Å². The summed E-state index contributed by atoms with van der Waals surface area (Å²) >= 11 is 0. The van der Waals surface area contributed by atoms with Gasteiger partial charge >= 0.3 is 0 Å². The van der Waals surface area contributed by atoms with E-state index in [-0.39, 0.29) is 0 Å². The third-order valence-electron chi connectivity index (χ3n) is 4.08. The normalized spacial score (nSPS) is 18.1. The maximum absolute atomic E-state index is 12.5. The van der Waals surface area contributed by atoms with Crippen LogP contribution >= 0.6 is 0 Å². The molecular weight excluding hydrogens is 260 g/mol. The molecule has 1 atom stereocenters. The summed E-state index contributed by atoms with van der Waals surface area (Å²) in [5.74, 6) is 1.50. The molecule has 1 saturated heterocycles. The van der Waals surface area contributed by atoms with Gasteiger partial charge in [0.25, 0.3) is 0 Å². The predicted molar refractivity (Wildman–Crippen MR) is 86.9 cm³/mol. The van der Waals surface area contributed by atoms with Crippen molar-refractivity contribution in [3.05, 3.63) is 35.9 Å². The van der Waals surface area contributed by atoms with Crippen molar-refractivity contribution in [2.75, 3.05) is 19.6 Å². The van der Waals surface area contributed by atoms with E-state index in [1.807, 2.05) is 23.1 Å². The standard InChI is InChI=1S/C18H28N2O/c1-15(2)13-20(14-17-6-4-3-5-7-17)18(21)9-8-16-10-11-19-12-16/h3-7,15-16,19H,8-14H2,1-2H3. The molecule has 0 spiro atoms. The van der Waals surface area contributed by atoms with Crippen LogP contribution in [0.4, 0.5) is 0 Å². The lowest BCUT2D eigenvalue weighted by Gasteiger charge is -2.25. The first-order valence-corrected chi connectivity index (χ1v) is 8.17. The molecule has 21 heavy (non-hydrogen) atoms. The van der Waals surface area contributed by atoms with Crippen molar-refractivity contribution in [1.82, 2.24) is 10.2 Å². The third-order valence-corrected chi connectivity index (χ3v) is 4.08. The molecule has 1 N–H and O–H groups in total. The summed E-state index contributed by atoms with van der Waals surface area (Å²) in [5, 5.41) is 3.37. The minimum atomic E-state index is 0.305. The maximum Gasteiger partial charge on any atom is 0.222 e. The van der Waals surface area contributed by atoms with Gasteiger partial charge in [0.15, 0.2) is 0 Å². The van der Waals surface area contributed by atoms with E-state index in [1.165, 1.54) is 12.0 Å². The Balaban J connectivity index is 1.89. The van der Waals surface area contributed by atoms with Crippen LogP contribution in [0.1, 0.15) is 38.7 Å². The van der Waals surface area contributed by atoms with Crippen LogP contribution in [-0.4, -0.2) is 30.4 Å². The molecule has 2 rings (SSSR count). The second-order valence-corrected chi connectivity index (χ2v) is 6.55. The average molecular weight is 288 g/mol. The van der Waals surface area contributed by atoms with Crippen LogP contribution in [0.3, 0.4) is 0 Å². The van der Waals surface area contributed by atoms with Gasteiger partial charge in [0.05, 0.1) is 0 Å². The van der Waals surface area contributed by atoms with Gasteiger partial charge in [0, 0.05) is 19.5 Å². The molecule has 116 valence electrons. The van der Waals surface area contributed by atoms with E-state index in [1.54, 1.807) is 0 Å². The number of amides is 1. The van der Waals surface area contributed by atoms with Crippen molar-refractivity contribution in [1.29, 1.82) is 0 Å². The summed E-state index contributed by atoms with van der Waals surface area (Å²) in [5.41, 5.74) is 1.22. The topological polar surface area (TPSA) is 32.3 Å². The largest absolute Gasteiger partial charge is 0.338 e. The molecule has 0 aliphatic carbocycles. The first-order valence-electron chi connectivity index (χ1n) is 8.17. The Bertz CT molecular complexity index is 424. The van der Waals surface area contributed by atoms with Crippen molar-refractivity contribution < 1.29 is 4.79 Å². The van der Waals surface area contributed by atoms with E-state index in [4.69, 9.17) is 0 Å². The van der Waals surface area contributed by atoms with Gasteiger partial charge in [-0.2, -0.15) is 0 Å². The number of hydrogen-bond donors (Lipinski definition) is 1. The van der Waals surface area contributed by atoms with Crippen LogP contribution < -0.4 is 5.32 Å². The lowest BCUT2D eigenvalue weighted by molar-refractivity contribution is -0.132. The zero-order valence-corrected chi connectivity index (χ0v) is 13.3. The van der Waals surface area contributed by atoms with Crippen LogP contribution in [0.2, 0.25) is 0 Å². The summed E-state index contributed by atoms with van der Waals surface area (Å²) in [7, 11) is 0. The molecule has 1 fully saturated rings. The Labute approximate surface area is 128 Å². The molecule has 1 aromatic rings. The zero-order chi connectivity index (χ0) is 15.1. The van der Waals surface area contributed by atoms with E-state index in [0.29, 0.717) is 24.2 Å². The highest BCUT2D eigenvalue weighted by atomic mass is 16.2. The Morgan fingerprint density at radius 2 is 2.10 bits per heavy atom. The number of carbonyl (C=O) groups excluding carboxylic acids is 1. The second-order valence-electron chi connectivity index (χ2n) is 6.55. The molecule has 1 heterocycles. The van der Waals surface area contributed by atoms with Gasteiger partial charge in [0.2, 0.25) is 5.91 Å². The molecule has 0 bridgehead atoms. The second kappa shape index (κ2) is 8.18. The monoisotopic (exact) mass is 288 g/mol. The van der Waals surface area contributed by atoms with Crippen LogP contribution in [0.15, 0.2) is 30.3 Å². The summed E-state index contributed by atoms with van der Waals surface area (Å²) < 4.78 is 0. The molecule has 1 aromatic carbocycles. The van der Waals surface area contributed by atoms with Gasteiger partial charge < -0.3 is 10.2 Å². The number of hydrogen-bond acceptors (Lipinski definition) is 2. The predicted octanol–water partition coefficient (Wildman–Crippen LogP) is 3.06. The fraction of sp³-hybridized carbons (Fsp3) is 0.611. The molecule has 0 radical (unpaired) electrons. The number of nitrogens with zero attached hydrogens (tertiary/aromatic N) is 1. The van der Waals surface area contributed by atoms with Crippen molar-refractivity contribution in [2.24, 2.45) is 11.8 Å². The number of carbonyl (C=O) groups is 1. The first-order chi connectivity index (χ1) is 10.1. The van der Waals surface area contributed by atoms with Crippen molar-refractivity contribution in [2.45, 2.75) is 39.7 Å². The summed E-state index contributed by atoms with van der Waals surface area (Å²) in [6, 6.07) is 10.3. The molecular formula is C18H28N2O. The zero-order valence-electron chi connectivity index (χ0n) is 13.3. The van der Waals surface area contributed by atoms with E-state index in [2.05, 4.69) is 31.3 Å². The van der Waals surface area contributed by atoms with Crippen LogP contribution in [0, 0.1) is 11.8 Å². The van der Waals surface area contributed by atoms with Crippen LogP contribution in [0.5, 0.6) is 0 Å². The van der Waals surface area contributed by atoms with Gasteiger partial charge in [-0.15, -0.1) is 0 Å². The SMILES string of the molecule is CC(C)CN(Cc1ccccc1)C(=O)CCC1CCNC1. The molecule has 3 nitrogen and oxygen atoms in total. The van der Waals surface area contributed by atoms with Crippen LogP contribution in [-0.2, 0) is 11.3 Å². The number of rotatable bonds is 7. The molecule has 3 heteroatoms. The highest BCUT2D eigenvalue weighted by Crippen LogP contribution is 2.17. The van der Waals surface area contributed by atoms with E-state index in [0.717, 1.165) is 32.6 Å². The van der Waals surface area contributed by atoms with Gasteiger partial charge in [-0.3, -0.25) is 4.79 Å². The minimum Gasteiger partial charge on any atom is -0.338 e. The number of benzene rings is 1. The highest BCUT2D eigenvalue weighted by molar-refractivity contribution is 5.76. The van der Waals surface area contributed by atoms with Crippen molar-refractivity contribution in [3.8, 4) is 0 Å². The summed E-state index contributed by atoms with van der Waals surface area (Å²) in [6.45, 7) is 8.12. The fourth-order valence-corrected chi connectivity index (χ4v) is 2.95. The van der Waals surface area contributed by atoms with Crippen molar-refractivity contribution in [3.63, 3.8) is 0 Å². The maximum atomic E-state index is 12.5. The van der Waals surface area contributed by atoms with Crippen molar-refractivity contribution >= 4 is 5.91 Å². The molecule has 1 aliphatic rings. The molecule has 0 aromatic heterocycles. The third kappa shape index (κ3) is 5.50. The van der Waals surface area contributed by atoms with E-state index < -0.39 is 0 Å². The smallest absolute Gasteiger partial charge is 0.222 e. The summed E-state index contributed by atoms with van der Waals surface area (Å²) in [4.78, 5) is 14.6. The Kier molecular flexibility index (Phi) is 6.24. The lowest BCUT2D eigenvalue weighted by atomic mass is 10.0. The average Bonchev–Trinajstić information content (AvgIpc) is 2.98. The summed E-state index contributed by atoms with van der Waals surface area (Å²) in [6.07, 6.45) is 2.93. The molecule has 1 unspecified atom stereocenters. The number of nitrogens with one attached hydrogen (secondary N) is 1. The van der Waals surface area contributed by atoms with Gasteiger partial charge in [-0.25, -0.2) is 0 Å².